The van der Waals surface area contributed by atoms with E-state index in [1.807, 2.05) is 13.0 Å². The van der Waals surface area contributed by atoms with E-state index >= 15 is 0 Å². The van der Waals surface area contributed by atoms with Crippen LogP contribution in [0.3, 0.4) is 0 Å². The maximum absolute atomic E-state index is 13.8. The SMILES string of the molecule is CCCc1c(N)ncnc1NC(C)c1ccccc1F. The van der Waals surface area contributed by atoms with Crippen LogP contribution < -0.4 is 11.1 Å². The van der Waals surface area contributed by atoms with Gasteiger partial charge in [-0.15, -0.1) is 0 Å². The molecule has 1 heterocycles. The molecule has 0 saturated heterocycles. The summed E-state index contributed by atoms with van der Waals surface area (Å²) in [6, 6.07) is 6.52. The zero-order chi connectivity index (χ0) is 14.5. The van der Waals surface area contributed by atoms with Gasteiger partial charge in [-0.05, 0) is 19.4 Å². The molecule has 2 rings (SSSR count). The highest BCUT2D eigenvalue weighted by molar-refractivity contribution is 5.55. The van der Waals surface area contributed by atoms with Crippen molar-refractivity contribution < 1.29 is 4.39 Å². The maximum Gasteiger partial charge on any atom is 0.135 e. The van der Waals surface area contributed by atoms with Crippen LogP contribution in [0, 0.1) is 5.82 Å². The number of halogens is 1. The fourth-order valence-electron chi connectivity index (χ4n) is 2.16. The highest BCUT2D eigenvalue weighted by atomic mass is 19.1. The molecule has 0 amide bonds. The van der Waals surface area contributed by atoms with E-state index in [0.717, 1.165) is 18.4 Å². The molecular formula is C15H19FN4. The topological polar surface area (TPSA) is 63.8 Å². The third-order valence-corrected chi connectivity index (χ3v) is 3.20. The molecule has 0 aliphatic rings. The van der Waals surface area contributed by atoms with E-state index in [4.69, 9.17) is 5.73 Å². The molecule has 0 bridgehead atoms. The lowest BCUT2D eigenvalue weighted by atomic mass is 10.1. The smallest absolute Gasteiger partial charge is 0.135 e. The van der Waals surface area contributed by atoms with Gasteiger partial charge in [0.25, 0.3) is 0 Å². The van der Waals surface area contributed by atoms with Gasteiger partial charge in [0, 0.05) is 11.1 Å². The number of hydrogen-bond donors (Lipinski definition) is 2. The molecule has 1 aromatic carbocycles. The normalized spacial score (nSPS) is 12.2. The van der Waals surface area contributed by atoms with Crippen molar-refractivity contribution >= 4 is 11.6 Å². The zero-order valence-corrected chi connectivity index (χ0v) is 11.7. The van der Waals surface area contributed by atoms with E-state index in [0.29, 0.717) is 17.2 Å². The summed E-state index contributed by atoms with van der Waals surface area (Å²) in [6.45, 7) is 3.96. The zero-order valence-electron chi connectivity index (χ0n) is 11.7. The molecule has 1 aromatic heterocycles. The Kier molecular flexibility index (Phi) is 4.50. The molecule has 5 heteroatoms. The van der Waals surface area contributed by atoms with Crippen molar-refractivity contribution in [1.29, 1.82) is 0 Å². The van der Waals surface area contributed by atoms with Crippen LogP contribution in [0.2, 0.25) is 0 Å². The summed E-state index contributed by atoms with van der Waals surface area (Å²) in [4.78, 5) is 8.24. The lowest BCUT2D eigenvalue weighted by Gasteiger charge is -2.18. The van der Waals surface area contributed by atoms with E-state index in [-0.39, 0.29) is 11.9 Å². The first-order valence-corrected chi connectivity index (χ1v) is 6.73. The lowest BCUT2D eigenvalue weighted by molar-refractivity contribution is 0.600. The van der Waals surface area contributed by atoms with Gasteiger partial charge in [-0.1, -0.05) is 31.5 Å². The minimum absolute atomic E-state index is 0.193. The fraction of sp³-hybridized carbons (Fsp3) is 0.333. The summed E-state index contributed by atoms with van der Waals surface area (Å²) in [5.41, 5.74) is 7.38. The van der Waals surface area contributed by atoms with Gasteiger partial charge in [0.1, 0.15) is 23.8 Å². The predicted octanol–water partition coefficient (Wildman–Crippen LogP) is 3.32. The number of nitrogen functional groups attached to an aromatic ring is 1. The molecule has 1 unspecified atom stereocenters. The van der Waals surface area contributed by atoms with Crippen molar-refractivity contribution in [3.8, 4) is 0 Å². The van der Waals surface area contributed by atoms with Crippen LogP contribution >= 0.6 is 0 Å². The molecule has 0 spiro atoms. The Morgan fingerprint density at radius 2 is 2.05 bits per heavy atom. The number of nitrogens with one attached hydrogen (secondary N) is 1. The first-order valence-electron chi connectivity index (χ1n) is 6.73. The number of benzene rings is 1. The third-order valence-electron chi connectivity index (χ3n) is 3.20. The Hall–Kier alpha value is -2.17. The second-order valence-corrected chi connectivity index (χ2v) is 4.72. The van der Waals surface area contributed by atoms with Crippen LogP contribution in [0.25, 0.3) is 0 Å². The maximum atomic E-state index is 13.8. The number of nitrogens with zero attached hydrogens (tertiary/aromatic N) is 2. The largest absolute Gasteiger partial charge is 0.383 e. The molecule has 0 aliphatic carbocycles. The van der Waals surface area contributed by atoms with E-state index in [1.54, 1.807) is 12.1 Å². The quantitative estimate of drug-likeness (QED) is 0.878. The Morgan fingerprint density at radius 3 is 2.75 bits per heavy atom. The summed E-state index contributed by atoms with van der Waals surface area (Å²) in [5.74, 6) is 0.923. The number of hydrogen-bond acceptors (Lipinski definition) is 4. The van der Waals surface area contributed by atoms with E-state index in [2.05, 4.69) is 22.2 Å². The second-order valence-electron chi connectivity index (χ2n) is 4.72. The van der Waals surface area contributed by atoms with Gasteiger partial charge in [-0.3, -0.25) is 0 Å². The number of aromatic nitrogens is 2. The Balaban J connectivity index is 2.26. The van der Waals surface area contributed by atoms with Gasteiger partial charge in [-0.2, -0.15) is 0 Å². The summed E-state index contributed by atoms with van der Waals surface area (Å²) in [5, 5.41) is 3.22. The van der Waals surface area contributed by atoms with Crippen LogP contribution in [-0.2, 0) is 6.42 Å². The first kappa shape index (κ1) is 14.2. The van der Waals surface area contributed by atoms with Crippen molar-refractivity contribution in [3.63, 3.8) is 0 Å². The van der Waals surface area contributed by atoms with Crippen LogP contribution in [0.15, 0.2) is 30.6 Å². The number of anilines is 2. The summed E-state index contributed by atoms with van der Waals surface area (Å²) < 4.78 is 13.8. The molecular weight excluding hydrogens is 255 g/mol. The molecule has 0 aliphatic heterocycles. The molecule has 1 atom stereocenters. The molecule has 3 N–H and O–H groups in total. The molecule has 2 aromatic rings. The van der Waals surface area contributed by atoms with Gasteiger partial charge < -0.3 is 11.1 Å². The molecule has 20 heavy (non-hydrogen) atoms. The van der Waals surface area contributed by atoms with E-state index < -0.39 is 0 Å². The Labute approximate surface area is 118 Å². The van der Waals surface area contributed by atoms with Gasteiger partial charge in [-0.25, -0.2) is 14.4 Å². The Morgan fingerprint density at radius 1 is 1.30 bits per heavy atom. The van der Waals surface area contributed by atoms with E-state index in [9.17, 15) is 4.39 Å². The monoisotopic (exact) mass is 274 g/mol. The number of rotatable bonds is 5. The van der Waals surface area contributed by atoms with Crippen LogP contribution in [0.1, 0.15) is 37.4 Å². The van der Waals surface area contributed by atoms with Gasteiger partial charge in [0.2, 0.25) is 0 Å². The fourth-order valence-corrected chi connectivity index (χ4v) is 2.16. The highest BCUT2D eigenvalue weighted by Gasteiger charge is 2.14. The van der Waals surface area contributed by atoms with Crippen molar-refractivity contribution in [2.45, 2.75) is 32.7 Å². The number of nitrogens with two attached hydrogens (primary N) is 1. The first-order chi connectivity index (χ1) is 9.63. The lowest BCUT2D eigenvalue weighted by Crippen LogP contribution is -2.13. The van der Waals surface area contributed by atoms with Crippen LogP contribution in [-0.4, -0.2) is 9.97 Å². The molecule has 0 saturated carbocycles. The van der Waals surface area contributed by atoms with E-state index in [1.165, 1.54) is 12.4 Å². The summed E-state index contributed by atoms with van der Waals surface area (Å²) in [7, 11) is 0. The standard InChI is InChI=1S/C15H19FN4/c1-3-6-12-14(17)18-9-19-15(12)20-10(2)11-7-4-5-8-13(11)16/h4-5,7-10H,3,6H2,1-2H3,(H3,17,18,19,20). The second kappa shape index (κ2) is 6.32. The highest BCUT2D eigenvalue weighted by Crippen LogP contribution is 2.25. The summed E-state index contributed by atoms with van der Waals surface area (Å²) in [6.07, 6.45) is 3.16. The third kappa shape index (κ3) is 3.04. The average Bonchev–Trinajstić information content (AvgIpc) is 2.43. The molecule has 0 fully saturated rings. The minimum atomic E-state index is -0.230. The van der Waals surface area contributed by atoms with Gasteiger partial charge >= 0.3 is 0 Å². The van der Waals surface area contributed by atoms with Crippen molar-refractivity contribution in [1.82, 2.24) is 9.97 Å². The van der Waals surface area contributed by atoms with Crippen molar-refractivity contribution in [2.75, 3.05) is 11.1 Å². The molecule has 106 valence electrons. The van der Waals surface area contributed by atoms with Crippen molar-refractivity contribution in [3.05, 3.63) is 47.5 Å². The molecule has 0 radical (unpaired) electrons. The van der Waals surface area contributed by atoms with Crippen LogP contribution in [0.4, 0.5) is 16.0 Å². The molecule has 4 nitrogen and oxygen atoms in total. The predicted molar refractivity (Wildman–Crippen MR) is 78.9 cm³/mol. The minimum Gasteiger partial charge on any atom is -0.383 e. The van der Waals surface area contributed by atoms with Gasteiger partial charge in [0.15, 0.2) is 0 Å². The average molecular weight is 274 g/mol. The van der Waals surface area contributed by atoms with Crippen LogP contribution in [0.5, 0.6) is 0 Å². The summed E-state index contributed by atoms with van der Waals surface area (Å²) >= 11 is 0. The Bertz CT molecular complexity index is 586. The van der Waals surface area contributed by atoms with Crippen molar-refractivity contribution in [2.24, 2.45) is 0 Å². The van der Waals surface area contributed by atoms with Gasteiger partial charge in [0.05, 0.1) is 6.04 Å².